The molecule has 0 radical (unpaired) electrons. The van der Waals surface area contributed by atoms with Gasteiger partial charge in [0.15, 0.2) is 17.3 Å². The minimum Gasteiger partial charge on any atom is -0.382 e. The van der Waals surface area contributed by atoms with E-state index in [-0.39, 0.29) is 11.6 Å². The molecule has 34 heavy (non-hydrogen) atoms. The topological polar surface area (TPSA) is 129 Å². The molecule has 0 saturated heterocycles. The van der Waals surface area contributed by atoms with Crippen molar-refractivity contribution in [3.05, 3.63) is 81.1 Å². The highest BCUT2D eigenvalue weighted by Gasteiger charge is 2.19. The Labute approximate surface area is 199 Å². The maximum atomic E-state index is 13.5. The third-order valence-corrected chi connectivity index (χ3v) is 6.10. The highest BCUT2D eigenvalue weighted by Crippen LogP contribution is 2.24. The Balaban J connectivity index is 1.50. The number of halogens is 1. The Kier molecular flexibility index (Phi) is 5.76. The number of fused-ring (bicyclic) bond motifs is 2. The summed E-state index contributed by atoms with van der Waals surface area (Å²) < 4.78 is 8.60. The van der Waals surface area contributed by atoms with Crippen molar-refractivity contribution in [1.29, 1.82) is 0 Å². The highest BCUT2D eigenvalue weighted by molar-refractivity contribution is 6.35. The standard InChI is InChI=1S/C23H23ClN8O2/c1-13(27-12-16-21(25)29-32-9-4-8-26-22(16)32)18-11-15-5-3-6-17(24)20(15)23(33)31(18)10-7-19-28-14(2)30-34-19/h3-6,8-9,11,13,27H,7,10,12H2,1-2H3,(H2,25,29)/t13-/m0/s1. The number of aryl methyl sites for hydroxylation is 2. The molecule has 0 amide bonds. The van der Waals surface area contributed by atoms with E-state index < -0.39 is 0 Å². The van der Waals surface area contributed by atoms with Crippen LogP contribution in [0.5, 0.6) is 0 Å². The normalized spacial score (nSPS) is 12.6. The molecule has 0 unspecified atom stereocenters. The average molecular weight is 479 g/mol. The monoisotopic (exact) mass is 478 g/mol. The first-order valence-corrected chi connectivity index (χ1v) is 11.2. The van der Waals surface area contributed by atoms with Crippen LogP contribution in [0.25, 0.3) is 16.4 Å². The van der Waals surface area contributed by atoms with Crippen molar-refractivity contribution >= 4 is 33.8 Å². The van der Waals surface area contributed by atoms with E-state index in [1.54, 1.807) is 40.5 Å². The number of rotatable bonds is 7. The van der Waals surface area contributed by atoms with Gasteiger partial charge in [0.1, 0.15) is 0 Å². The van der Waals surface area contributed by atoms with Crippen molar-refractivity contribution in [3.63, 3.8) is 0 Å². The minimum absolute atomic E-state index is 0.167. The molecule has 4 aromatic heterocycles. The predicted molar refractivity (Wildman–Crippen MR) is 129 cm³/mol. The first kappa shape index (κ1) is 22.1. The zero-order valence-electron chi connectivity index (χ0n) is 18.7. The van der Waals surface area contributed by atoms with Crippen molar-refractivity contribution in [1.82, 2.24) is 34.6 Å². The summed E-state index contributed by atoms with van der Waals surface area (Å²) >= 11 is 6.39. The van der Waals surface area contributed by atoms with Gasteiger partial charge >= 0.3 is 0 Å². The Bertz CT molecular complexity index is 1550. The lowest BCUT2D eigenvalue weighted by atomic mass is 10.1. The number of benzene rings is 1. The summed E-state index contributed by atoms with van der Waals surface area (Å²) in [5.74, 6) is 1.44. The van der Waals surface area contributed by atoms with Gasteiger partial charge in [-0.25, -0.2) is 9.50 Å². The molecule has 1 aromatic carbocycles. The minimum atomic E-state index is -0.196. The van der Waals surface area contributed by atoms with Gasteiger partial charge in [-0.1, -0.05) is 28.9 Å². The fourth-order valence-electron chi connectivity index (χ4n) is 4.10. The van der Waals surface area contributed by atoms with Crippen molar-refractivity contribution < 1.29 is 4.52 Å². The van der Waals surface area contributed by atoms with Gasteiger partial charge in [-0.2, -0.15) is 4.98 Å². The molecule has 1 atom stereocenters. The van der Waals surface area contributed by atoms with Gasteiger partial charge in [0.2, 0.25) is 5.89 Å². The molecule has 11 heteroatoms. The van der Waals surface area contributed by atoms with Crippen molar-refractivity contribution in [3.8, 4) is 0 Å². The fourth-order valence-corrected chi connectivity index (χ4v) is 4.36. The number of pyridine rings is 1. The fraction of sp³-hybridized carbons (Fsp3) is 0.261. The summed E-state index contributed by atoms with van der Waals surface area (Å²) in [4.78, 5) is 22.1. The SMILES string of the molecule is Cc1noc(CCn2c([C@H](C)NCc3c(N)nn4cccnc34)cc3cccc(Cl)c3c2=O)n1. The van der Waals surface area contributed by atoms with E-state index in [1.807, 2.05) is 25.1 Å². The lowest BCUT2D eigenvalue weighted by Gasteiger charge is -2.21. The van der Waals surface area contributed by atoms with Crippen molar-refractivity contribution in [2.75, 3.05) is 5.73 Å². The van der Waals surface area contributed by atoms with E-state index in [0.717, 1.165) is 16.6 Å². The molecule has 0 bridgehead atoms. The third kappa shape index (κ3) is 4.02. The van der Waals surface area contributed by atoms with Crippen LogP contribution in [0.2, 0.25) is 5.02 Å². The number of hydrogen-bond donors (Lipinski definition) is 2. The molecule has 0 saturated carbocycles. The third-order valence-electron chi connectivity index (χ3n) is 5.79. The van der Waals surface area contributed by atoms with Gasteiger partial charge in [-0.05, 0) is 37.4 Å². The van der Waals surface area contributed by atoms with Crippen LogP contribution in [0.15, 0.2) is 52.0 Å². The van der Waals surface area contributed by atoms with Gasteiger partial charge in [-0.3, -0.25) is 4.79 Å². The second-order valence-corrected chi connectivity index (χ2v) is 8.48. The molecule has 3 N–H and O–H groups in total. The number of nitrogen functional groups attached to an aromatic ring is 1. The van der Waals surface area contributed by atoms with Crippen LogP contribution in [0.1, 0.15) is 35.9 Å². The lowest BCUT2D eigenvalue weighted by molar-refractivity contribution is 0.365. The number of nitrogens with zero attached hydrogens (tertiary/aromatic N) is 6. The van der Waals surface area contributed by atoms with E-state index in [1.165, 1.54) is 0 Å². The lowest BCUT2D eigenvalue weighted by Crippen LogP contribution is -2.30. The molecule has 174 valence electrons. The summed E-state index contributed by atoms with van der Waals surface area (Å²) in [5, 5.41) is 13.3. The van der Waals surface area contributed by atoms with Crippen LogP contribution in [0, 0.1) is 6.92 Å². The summed E-state index contributed by atoms with van der Waals surface area (Å²) in [6.07, 6.45) is 3.92. The zero-order valence-corrected chi connectivity index (χ0v) is 19.5. The summed E-state index contributed by atoms with van der Waals surface area (Å²) in [5.41, 5.74) is 8.26. The largest absolute Gasteiger partial charge is 0.382 e. The molecule has 0 spiro atoms. The number of hydrogen-bond acceptors (Lipinski definition) is 8. The highest BCUT2D eigenvalue weighted by atomic mass is 35.5. The van der Waals surface area contributed by atoms with Gasteiger partial charge in [0, 0.05) is 43.6 Å². The van der Waals surface area contributed by atoms with Crippen LogP contribution in [0.4, 0.5) is 5.82 Å². The quantitative estimate of drug-likeness (QED) is 0.365. The molecule has 0 aliphatic rings. The van der Waals surface area contributed by atoms with E-state index in [9.17, 15) is 4.79 Å². The zero-order chi connectivity index (χ0) is 23.8. The second-order valence-electron chi connectivity index (χ2n) is 8.07. The molecule has 4 heterocycles. The molecule has 5 rings (SSSR count). The van der Waals surface area contributed by atoms with Gasteiger partial charge in [0.25, 0.3) is 5.56 Å². The van der Waals surface area contributed by atoms with E-state index >= 15 is 0 Å². The van der Waals surface area contributed by atoms with Crippen molar-refractivity contribution in [2.45, 2.75) is 39.4 Å². The summed E-state index contributed by atoms with van der Waals surface area (Å²) in [6, 6.07) is 9.03. The van der Waals surface area contributed by atoms with E-state index in [4.69, 9.17) is 21.9 Å². The van der Waals surface area contributed by atoms with Gasteiger partial charge < -0.3 is 20.1 Å². The van der Waals surface area contributed by atoms with Crippen LogP contribution in [-0.4, -0.2) is 29.3 Å². The first-order chi connectivity index (χ1) is 16.4. The maximum absolute atomic E-state index is 13.5. The molecule has 10 nitrogen and oxygen atoms in total. The molecule has 0 aliphatic carbocycles. The smallest absolute Gasteiger partial charge is 0.260 e. The van der Waals surface area contributed by atoms with Crippen molar-refractivity contribution in [2.24, 2.45) is 0 Å². The maximum Gasteiger partial charge on any atom is 0.260 e. The molecule has 0 aliphatic heterocycles. The summed E-state index contributed by atoms with van der Waals surface area (Å²) in [6.45, 7) is 4.54. The van der Waals surface area contributed by atoms with Gasteiger partial charge in [0.05, 0.1) is 16.0 Å². The van der Waals surface area contributed by atoms with Crippen LogP contribution in [0.3, 0.4) is 0 Å². The van der Waals surface area contributed by atoms with E-state index in [0.29, 0.717) is 53.1 Å². The molecule has 0 fully saturated rings. The Morgan fingerprint density at radius 1 is 1.29 bits per heavy atom. The Hall–Kier alpha value is -3.76. The predicted octanol–water partition coefficient (Wildman–Crippen LogP) is 3.06. The van der Waals surface area contributed by atoms with E-state index in [2.05, 4.69) is 25.5 Å². The Morgan fingerprint density at radius 2 is 2.15 bits per heavy atom. The van der Waals surface area contributed by atoms with Crippen LogP contribution in [-0.2, 0) is 19.5 Å². The average Bonchev–Trinajstić information content (AvgIpc) is 3.38. The Morgan fingerprint density at radius 3 is 2.94 bits per heavy atom. The molecule has 5 aromatic rings. The number of anilines is 1. The number of nitrogens with two attached hydrogens (primary N) is 1. The molecular weight excluding hydrogens is 456 g/mol. The number of nitrogens with one attached hydrogen (secondary N) is 1. The van der Waals surface area contributed by atoms with Crippen LogP contribution >= 0.6 is 11.6 Å². The number of aromatic nitrogens is 6. The second kappa shape index (κ2) is 8.88. The summed E-state index contributed by atoms with van der Waals surface area (Å²) in [7, 11) is 0. The molecular formula is C23H23ClN8O2. The first-order valence-electron chi connectivity index (χ1n) is 10.8. The van der Waals surface area contributed by atoms with Gasteiger partial charge in [-0.15, -0.1) is 5.10 Å². The van der Waals surface area contributed by atoms with Crippen LogP contribution < -0.4 is 16.6 Å².